The normalized spacial score (nSPS) is 10.7. The molecule has 0 amide bonds. The van der Waals surface area contributed by atoms with Gasteiger partial charge < -0.3 is 33.6 Å². The van der Waals surface area contributed by atoms with Crippen molar-refractivity contribution in [3.63, 3.8) is 0 Å². The molecule has 0 aliphatic heterocycles. The molecular weight excluding hydrogens is 903 g/mol. The number of nitriles is 2. The first-order valence-corrected chi connectivity index (χ1v) is 23.6. The Hall–Kier alpha value is -9.96. The molecule has 0 atom stereocenters. The van der Waals surface area contributed by atoms with Gasteiger partial charge in [0.15, 0.2) is 0 Å². The monoisotopic (exact) mass is 951 g/mol. The smallest absolute Gasteiger partial charge is 0.130 e. The maximum Gasteiger partial charge on any atom is 0.130 e. The van der Waals surface area contributed by atoms with Gasteiger partial charge in [0, 0.05) is 56.3 Å². The van der Waals surface area contributed by atoms with Crippen LogP contribution >= 0.6 is 0 Å². The highest BCUT2D eigenvalue weighted by Gasteiger charge is 2.24. The number of anilines is 9. The van der Waals surface area contributed by atoms with Crippen molar-refractivity contribution in [3.8, 4) is 46.3 Å². The van der Waals surface area contributed by atoms with Crippen LogP contribution in [0.15, 0.2) is 224 Å². The molecule has 73 heavy (non-hydrogen) atoms. The second-order valence-corrected chi connectivity index (χ2v) is 17.0. The molecule has 0 aliphatic carbocycles. The quantitative estimate of drug-likeness (QED) is 0.0735. The Labute approximate surface area is 425 Å². The Morgan fingerprint density at radius 1 is 0.342 bits per heavy atom. The third-order valence-corrected chi connectivity index (χ3v) is 12.9. The summed E-state index contributed by atoms with van der Waals surface area (Å²) >= 11 is 0. The van der Waals surface area contributed by atoms with E-state index in [4.69, 9.17) is 18.9 Å². The molecule has 0 aliphatic rings. The van der Waals surface area contributed by atoms with Crippen LogP contribution in [0.25, 0.3) is 38.7 Å². The van der Waals surface area contributed by atoms with Crippen molar-refractivity contribution in [2.45, 2.75) is 0 Å². The van der Waals surface area contributed by atoms with E-state index in [1.165, 1.54) is 0 Å². The number of nitrogens with zero attached hydrogens (tertiary/aromatic N) is 5. The van der Waals surface area contributed by atoms with Crippen molar-refractivity contribution in [3.05, 3.63) is 230 Å². The average molecular weight is 952 g/mol. The van der Waals surface area contributed by atoms with E-state index in [1.807, 2.05) is 72.8 Å². The Kier molecular flexibility index (Phi) is 13.4. The Bertz CT molecular complexity index is 3350. The minimum absolute atomic E-state index is 0.0532. The van der Waals surface area contributed by atoms with Gasteiger partial charge in [-0.05, 0) is 179 Å². The third kappa shape index (κ3) is 9.43. The van der Waals surface area contributed by atoms with Crippen molar-refractivity contribution in [2.24, 2.45) is 0 Å². The zero-order valence-electron chi connectivity index (χ0n) is 40.7. The van der Waals surface area contributed by atoms with Gasteiger partial charge in [-0.15, -0.1) is 0 Å². The van der Waals surface area contributed by atoms with Gasteiger partial charge in [-0.1, -0.05) is 72.8 Å². The molecular formula is C64H49N5O4. The highest BCUT2D eigenvalue weighted by atomic mass is 16.5. The van der Waals surface area contributed by atoms with Crippen molar-refractivity contribution >= 4 is 78.8 Å². The van der Waals surface area contributed by atoms with Crippen LogP contribution in [0, 0.1) is 22.7 Å². The summed E-state index contributed by atoms with van der Waals surface area (Å²) in [6.07, 6.45) is 1.61. The minimum Gasteiger partial charge on any atom is -0.497 e. The summed E-state index contributed by atoms with van der Waals surface area (Å²) in [6.45, 7) is 0. The number of allylic oxidation sites excluding steroid dienone is 1. The molecule has 0 saturated heterocycles. The number of benzene rings is 10. The van der Waals surface area contributed by atoms with Gasteiger partial charge in [-0.25, -0.2) is 0 Å². The van der Waals surface area contributed by atoms with Crippen LogP contribution in [0.1, 0.15) is 5.56 Å². The SMILES string of the molecule is COc1ccc(N(c2ccc(OC)cc2)c2ccc(N(c3ccc(N(c4ccc(OC)cc4)c4ccc(OC)cc4)cc3)c3c4ccccc4c(-c4ccc(C=C(C#N)C#N)cc4)c4ccccc34)cc2)cc1. The average Bonchev–Trinajstić information content (AvgIpc) is 3.46. The summed E-state index contributed by atoms with van der Waals surface area (Å²) in [7, 11) is 6.70. The van der Waals surface area contributed by atoms with Crippen LogP contribution in [0.2, 0.25) is 0 Å². The number of hydrogen-bond donors (Lipinski definition) is 0. The van der Waals surface area contributed by atoms with E-state index in [0.717, 1.165) is 112 Å². The van der Waals surface area contributed by atoms with Gasteiger partial charge in [-0.2, -0.15) is 10.5 Å². The van der Waals surface area contributed by atoms with Crippen molar-refractivity contribution in [1.82, 2.24) is 0 Å². The summed E-state index contributed by atoms with van der Waals surface area (Å²) in [5, 5.41) is 23.2. The fourth-order valence-corrected chi connectivity index (χ4v) is 9.39. The lowest BCUT2D eigenvalue weighted by molar-refractivity contribution is 0.414. The first-order chi connectivity index (χ1) is 35.9. The van der Waals surface area contributed by atoms with Crippen LogP contribution in [-0.2, 0) is 0 Å². The second kappa shape index (κ2) is 21.0. The van der Waals surface area contributed by atoms with Crippen LogP contribution in [0.3, 0.4) is 0 Å². The van der Waals surface area contributed by atoms with E-state index in [2.05, 4.69) is 172 Å². The van der Waals surface area contributed by atoms with E-state index >= 15 is 0 Å². The Morgan fingerprint density at radius 2 is 0.616 bits per heavy atom. The molecule has 0 unspecified atom stereocenters. The molecule has 0 saturated carbocycles. The lowest BCUT2D eigenvalue weighted by Gasteiger charge is -2.31. The number of fused-ring (bicyclic) bond motifs is 2. The number of methoxy groups -OCH3 is 4. The third-order valence-electron chi connectivity index (χ3n) is 12.9. The first kappa shape index (κ1) is 46.8. The second-order valence-electron chi connectivity index (χ2n) is 17.0. The largest absolute Gasteiger partial charge is 0.497 e. The van der Waals surface area contributed by atoms with Gasteiger partial charge in [-0.3, -0.25) is 0 Å². The predicted molar refractivity (Wildman–Crippen MR) is 296 cm³/mol. The van der Waals surface area contributed by atoms with E-state index in [-0.39, 0.29) is 5.57 Å². The summed E-state index contributed by atoms with van der Waals surface area (Å²) in [6, 6.07) is 78.8. The maximum atomic E-state index is 9.46. The van der Waals surface area contributed by atoms with E-state index < -0.39 is 0 Å². The van der Waals surface area contributed by atoms with Crippen LogP contribution in [-0.4, -0.2) is 28.4 Å². The van der Waals surface area contributed by atoms with Gasteiger partial charge >= 0.3 is 0 Å². The van der Waals surface area contributed by atoms with E-state index in [1.54, 1.807) is 34.5 Å². The molecule has 10 aromatic rings. The fraction of sp³-hybridized carbons (Fsp3) is 0.0625. The topological polar surface area (TPSA) is 94.2 Å². The van der Waals surface area contributed by atoms with Crippen molar-refractivity contribution < 1.29 is 18.9 Å². The summed E-state index contributed by atoms with van der Waals surface area (Å²) in [5.41, 5.74) is 11.7. The molecule has 9 nitrogen and oxygen atoms in total. The molecule has 0 heterocycles. The molecule has 0 fully saturated rings. The molecule has 0 spiro atoms. The lowest BCUT2D eigenvalue weighted by atomic mass is 9.89. The van der Waals surface area contributed by atoms with Gasteiger partial charge in [0.05, 0.1) is 34.1 Å². The van der Waals surface area contributed by atoms with Gasteiger partial charge in [0.2, 0.25) is 0 Å². The van der Waals surface area contributed by atoms with Crippen LogP contribution in [0.4, 0.5) is 51.2 Å². The molecule has 10 rings (SSSR count). The zero-order chi connectivity index (χ0) is 50.3. The summed E-state index contributed by atoms with van der Waals surface area (Å²) in [4.78, 5) is 6.80. The van der Waals surface area contributed by atoms with Gasteiger partial charge in [0.1, 0.15) is 40.7 Å². The van der Waals surface area contributed by atoms with Crippen molar-refractivity contribution in [1.29, 1.82) is 10.5 Å². The molecule has 0 radical (unpaired) electrons. The fourth-order valence-electron chi connectivity index (χ4n) is 9.39. The molecule has 0 N–H and O–H groups in total. The van der Waals surface area contributed by atoms with Gasteiger partial charge in [0.25, 0.3) is 0 Å². The Balaban J connectivity index is 1.16. The van der Waals surface area contributed by atoms with E-state index in [9.17, 15) is 10.5 Å². The van der Waals surface area contributed by atoms with Crippen LogP contribution in [0.5, 0.6) is 23.0 Å². The Morgan fingerprint density at radius 3 is 0.904 bits per heavy atom. The molecule has 10 aromatic carbocycles. The first-order valence-electron chi connectivity index (χ1n) is 23.6. The summed E-state index contributed by atoms with van der Waals surface area (Å²) < 4.78 is 22.2. The minimum atomic E-state index is 0.0532. The number of hydrogen-bond acceptors (Lipinski definition) is 9. The predicted octanol–water partition coefficient (Wildman–Crippen LogP) is 16.5. The van der Waals surface area contributed by atoms with Crippen LogP contribution < -0.4 is 33.6 Å². The lowest BCUT2D eigenvalue weighted by Crippen LogP contribution is -2.14. The summed E-state index contributed by atoms with van der Waals surface area (Å²) in [5.74, 6) is 3.10. The number of ether oxygens (including phenoxy) is 4. The zero-order valence-corrected chi connectivity index (χ0v) is 40.7. The molecule has 354 valence electrons. The molecule has 0 bridgehead atoms. The standard InChI is InChI=1S/C64H49N5O4/c1-70-55-33-25-49(26-34-55)67(50-27-35-56(71-2)36-28-50)47-17-21-53(22-18-47)69(54-23-19-48(20-24-54)68(51-29-37-57(72-3)38-30-51)52-31-39-58(73-4)40-32-52)64-61-11-7-5-9-59(61)63(60-10-6-8-12-62(60)64)46-15-13-44(14-16-46)41-45(42-65)43-66/h5-41H,1-4H3. The molecule has 9 heteroatoms. The van der Waals surface area contributed by atoms with Crippen molar-refractivity contribution in [2.75, 3.05) is 43.1 Å². The number of rotatable bonds is 15. The maximum absolute atomic E-state index is 9.46. The molecule has 0 aromatic heterocycles. The highest BCUT2D eigenvalue weighted by molar-refractivity contribution is 6.22. The highest BCUT2D eigenvalue weighted by Crippen LogP contribution is 2.49. The van der Waals surface area contributed by atoms with E-state index in [0.29, 0.717) is 0 Å².